The second kappa shape index (κ2) is 24.6. The van der Waals surface area contributed by atoms with E-state index in [4.69, 9.17) is 25.0 Å². The molecule has 9 N–H and O–H groups in total. The zero-order valence-electron chi connectivity index (χ0n) is 42.1. The van der Waals surface area contributed by atoms with Crippen LogP contribution in [0.2, 0.25) is 0 Å². The van der Waals surface area contributed by atoms with Gasteiger partial charge in [-0.25, -0.2) is 34.9 Å². The molecule has 23 nitrogen and oxygen atoms in total. The largest absolute Gasteiger partial charge is 0.481 e. The van der Waals surface area contributed by atoms with E-state index < -0.39 is 78.8 Å². The Kier molecular flexibility index (Phi) is 17.4. The van der Waals surface area contributed by atoms with Crippen molar-refractivity contribution in [1.29, 1.82) is 0 Å². The Hall–Kier alpha value is -7.64. The number of benzene rings is 1. The Morgan fingerprint density at radius 2 is 1.41 bits per heavy atom. The lowest BCUT2D eigenvalue weighted by atomic mass is 10.0. The number of nitrogens with zero attached hydrogens (tertiary/aromatic N) is 7. The number of nitrogens with one attached hydrogen (secondary N) is 6. The topological polar surface area (TPSA) is 343 Å². The molecule has 408 valence electrons. The van der Waals surface area contributed by atoms with Gasteiger partial charge in [0.25, 0.3) is 23.6 Å². The van der Waals surface area contributed by atoms with Crippen LogP contribution >= 0.6 is 68.0 Å². The van der Waals surface area contributed by atoms with E-state index in [1.807, 2.05) is 13.8 Å². The number of rotatable bonds is 11. The second-order valence-electron chi connectivity index (χ2n) is 17.8. The van der Waals surface area contributed by atoms with E-state index in [2.05, 4.69) is 46.9 Å². The zero-order chi connectivity index (χ0) is 56.1. The van der Waals surface area contributed by atoms with Gasteiger partial charge in [-0.05, 0) is 30.5 Å². The first-order chi connectivity index (χ1) is 38.0. The van der Waals surface area contributed by atoms with Crippen molar-refractivity contribution in [2.75, 3.05) is 20.1 Å². The number of aliphatic hydroxyl groups excluding tert-OH is 2. The minimum absolute atomic E-state index is 0.00237. The zero-order valence-corrected chi connectivity index (χ0v) is 47.0. The van der Waals surface area contributed by atoms with E-state index in [-0.39, 0.29) is 58.0 Å². The number of aromatic nitrogens is 7. The number of carboxylic acids is 1. The lowest BCUT2D eigenvalue weighted by molar-refractivity contribution is -0.136. The normalized spacial score (nSPS) is 16.5. The molecule has 7 aromatic heterocycles. The molecule has 10 bridgehead atoms. The fourth-order valence-corrected chi connectivity index (χ4v) is 13.4. The summed E-state index contributed by atoms with van der Waals surface area (Å²) in [5.41, 5.74) is 2.30. The first-order valence-electron chi connectivity index (χ1n) is 24.0. The maximum atomic E-state index is 14.2. The van der Waals surface area contributed by atoms with Gasteiger partial charge in [0.2, 0.25) is 11.8 Å². The summed E-state index contributed by atoms with van der Waals surface area (Å²) >= 11 is 6.80. The van der Waals surface area contributed by atoms with Crippen molar-refractivity contribution < 1.29 is 48.9 Å². The highest BCUT2D eigenvalue weighted by atomic mass is 32.1. The van der Waals surface area contributed by atoms with Crippen LogP contribution in [0.3, 0.4) is 0 Å². The van der Waals surface area contributed by atoms with Crippen LogP contribution in [0.1, 0.15) is 123 Å². The molecule has 0 saturated carbocycles. The third-order valence-corrected chi connectivity index (χ3v) is 17.7. The Labute approximate surface area is 473 Å². The average molecular weight is 1180 g/mol. The smallest absolute Gasteiger partial charge is 0.305 e. The van der Waals surface area contributed by atoms with Crippen molar-refractivity contribution in [2.45, 2.75) is 64.4 Å². The molecule has 1 aromatic carbocycles. The maximum absolute atomic E-state index is 14.2. The number of hydrogen-bond donors (Lipinski definition) is 9. The summed E-state index contributed by atoms with van der Waals surface area (Å²) < 4.78 is 0. The van der Waals surface area contributed by atoms with Gasteiger partial charge in [0, 0.05) is 45.6 Å². The molecule has 0 saturated heterocycles. The minimum atomic E-state index is -1.30. The molecule has 29 heteroatoms. The van der Waals surface area contributed by atoms with E-state index in [0.717, 1.165) is 56.7 Å². The van der Waals surface area contributed by atoms with Crippen molar-refractivity contribution >= 4 is 109 Å². The van der Waals surface area contributed by atoms with Crippen molar-refractivity contribution in [1.82, 2.24) is 66.8 Å². The Morgan fingerprint density at radius 3 is 2.15 bits per heavy atom. The lowest BCUT2D eigenvalue weighted by Gasteiger charge is -2.23. The summed E-state index contributed by atoms with van der Waals surface area (Å²) in [6.45, 7) is 4.12. The van der Waals surface area contributed by atoms with Crippen LogP contribution in [0.5, 0.6) is 0 Å². The fourth-order valence-electron chi connectivity index (χ4n) is 7.94. The summed E-state index contributed by atoms with van der Waals surface area (Å²) in [4.78, 5) is 127. The van der Waals surface area contributed by atoms with Crippen LogP contribution in [-0.2, 0) is 21.0 Å². The molecule has 4 unspecified atom stereocenters. The molecule has 4 atom stereocenters. The standard InChI is InChI=1S/C50H47N13O10S6/c1-21(2)35-50-63-38(31(16-64)79-50)43(72)53-15-33(66)60-39(40(69)23-8-6-5-7-9-23)49-59-30(20-77-49)47-56-27(17-75-47)37-24(10-11-25(54-37)46-58-28(18-76-46)41(70)52-13-12-34(67)68)45-57-29(19-74-45)42(71)55-26(14-32(65)51-4)48-62-36(22(3)78-48)44(73)61-35/h5-11,17-21,26,35,39-40,64,69H,12-16H2,1-4H3,(H,51,65)(H,52,70)(H,53,72)(H,55,71)(H,60,66)(H,61,73)(H,67,68). The number of fused-ring (bicyclic) bond motifs is 14. The van der Waals surface area contributed by atoms with Gasteiger partial charge in [-0.3, -0.25) is 33.6 Å². The van der Waals surface area contributed by atoms with Crippen LogP contribution < -0.4 is 31.9 Å². The van der Waals surface area contributed by atoms with Crippen LogP contribution in [0.4, 0.5) is 0 Å². The van der Waals surface area contributed by atoms with Gasteiger partial charge in [0.15, 0.2) is 0 Å². The van der Waals surface area contributed by atoms with Gasteiger partial charge in [0.1, 0.15) is 82.0 Å². The predicted molar refractivity (Wildman–Crippen MR) is 297 cm³/mol. The first-order valence-corrected chi connectivity index (χ1v) is 29.2. The summed E-state index contributed by atoms with van der Waals surface area (Å²) in [6.07, 6.45) is -1.81. The van der Waals surface area contributed by atoms with Gasteiger partial charge >= 0.3 is 5.97 Å². The third kappa shape index (κ3) is 12.8. The molecule has 79 heavy (non-hydrogen) atoms. The molecule has 0 fully saturated rings. The number of pyridine rings is 1. The van der Waals surface area contributed by atoms with Gasteiger partial charge < -0.3 is 47.2 Å². The molecular formula is C50H47N13O10S6. The first kappa shape index (κ1) is 56.1. The van der Waals surface area contributed by atoms with Gasteiger partial charge in [-0.2, -0.15) is 0 Å². The Balaban J connectivity index is 1.12. The molecular weight excluding hydrogens is 1140 g/mol. The highest BCUT2D eigenvalue weighted by Crippen LogP contribution is 2.40. The summed E-state index contributed by atoms with van der Waals surface area (Å²) in [5.74, 6) is -5.04. The minimum Gasteiger partial charge on any atom is -0.481 e. The number of carbonyl (C=O) groups is 7. The highest BCUT2D eigenvalue weighted by molar-refractivity contribution is 7.15. The molecule has 0 spiro atoms. The number of aliphatic hydroxyl groups is 2. The molecule has 9 rings (SSSR count). The number of aryl methyl sites for hydroxylation is 1. The lowest BCUT2D eigenvalue weighted by Crippen LogP contribution is -2.40. The second-order valence-corrected chi connectivity index (χ2v) is 23.6. The number of aliphatic carboxylic acids is 1. The molecule has 8 heterocycles. The van der Waals surface area contributed by atoms with E-state index >= 15 is 0 Å². The van der Waals surface area contributed by atoms with E-state index in [1.165, 1.54) is 23.8 Å². The SMILES string of the molecule is CNC(=O)CC1NC(=O)c2csc(n2)-c2ccc(-c3nc(C(=O)NCCC(=O)O)cs3)nc2-c2csc(n2)-c2csc(n2)C(C(O)c2ccccc2)NC(=O)CNC(=O)c2nc(sc2CO)C(C(C)C)NC(=O)c2nc1sc2C. The predicted octanol–water partition coefficient (Wildman–Crippen LogP) is 5.86. The van der Waals surface area contributed by atoms with Gasteiger partial charge in [0.05, 0.1) is 48.6 Å². The molecule has 0 radical (unpaired) electrons. The number of hydrogen-bond acceptors (Lipinski definition) is 22. The Bertz CT molecular complexity index is 3610. The molecule has 1 aliphatic heterocycles. The van der Waals surface area contributed by atoms with E-state index in [1.54, 1.807) is 65.5 Å². The number of amides is 6. The number of carbonyl (C=O) groups excluding carboxylic acids is 6. The quantitative estimate of drug-likeness (QED) is 0.0732. The van der Waals surface area contributed by atoms with Crippen LogP contribution in [-0.4, -0.2) is 112 Å². The molecule has 6 amide bonds. The molecule has 8 aromatic rings. The maximum Gasteiger partial charge on any atom is 0.305 e. The van der Waals surface area contributed by atoms with Crippen molar-refractivity contribution in [3.05, 3.63) is 117 Å². The monoisotopic (exact) mass is 1180 g/mol. The van der Waals surface area contributed by atoms with E-state index in [0.29, 0.717) is 63.8 Å². The fraction of sp³-hybridized carbons (Fsp3) is 0.280. The summed E-state index contributed by atoms with van der Waals surface area (Å²) in [7, 11) is 1.45. The molecule has 0 aliphatic carbocycles. The van der Waals surface area contributed by atoms with E-state index in [9.17, 15) is 43.8 Å². The average Bonchev–Trinajstić information content (AvgIpc) is 4.33. The van der Waals surface area contributed by atoms with Crippen LogP contribution in [0.15, 0.2) is 64.0 Å². The van der Waals surface area contributed by atoms with Crippen molar-refractivity contribution in [3.63, 3.8) is 0 Å². The van der Waals surface area contributed by atoms with Crippen molar-refractivity contribution in [3.8, 4) is 43.4 Å². The van der Waals surface area contributed by atoms with Gasteiger partial charge in [-0.15, -0.1) is 68.0 Å². The third-order valence-electron chi connectivity index (χ3n) is 12.0. The molecule has 1 aliphatic rings. The summed E-state index contributed by atoms with van der Waals surface area (Å²) in [6, 6.07) is 9.16. The van der Waals surface area contributed by atoms with Crippen LogP contribution in [0, 0.1) is 12.8 Å². The number of carboxylic acid groups (broad SMARTS) is 1. The highest BCUT2D eigenvalue weighted by Gasteiger charge is 2.33. The van der Waals surface area contributed by atoms with Crippen LogP contribution in [0.25, 0.3) is 43.4 Å². The summed E-state index contributed by atoms with van der Waals surface area (Å²) in [5, 5.41) is 56.2. The number of thiazole rings is 6. The van der Waals surface area contributed by atoms with Gasteiger partial charge in [-0.1, -0.05) is 44.2 Å². The Morgan fingerprint density at radius 1 is 0.696 bits per heavy atom. The van der Waals surface area contributed by atoms with Crippen molar-refractivity contribution in [2.24, 2.45) is 5.92 Å².